The van der Waals surface area contributed by atoms with Gasteiger partial charge in [-0.15, -0.1) is 0 Å². The van der Waals surface area contributed by atoms with Gasteiger partial charge >= 0.3 is 12.0 Å². The zero-order chi connectivity index (χ0) is 15.2. The molecule has 0 saturated carbocycles. The number of carbonyl (C=O) groups excluding carboxylic acids is 1. The Balaban J connectivity index is 1.85. The van der Waals surface area contributed by atoms with Gasteiger partial charge in [-0.3, -0.25) is 4.79 Å². The maximum atomic E-state index is 11.8. The summed E-state index contributed by atoms with van der Waals surface area (Å²) in [6.07, 6.45) is -0.0755. The van der Waals surface area contributed by atoms with Crippen LogP contribution in [0.15, 0.2) is 18.2 Å². The molecule has 1 heterocycles. The largest absolute Gasteiger partial charge is 0.486 e. The number of ether oxygens (including phenoxy) is 2. The van der Waals surface area contributed by atoms with Gasteiger partial charge in [0.1, 0.15) is 13.2 Å². The van der Waals surface area contributed by atoms with Gasteiger partial charge < -0.3 is 24.8 Å². The Morgan fingerprint density at radius 3 is 2.71 bits per heavy atom. The van der Waals surface area contributed by atoms with E-state index in [-0.39, 0.29) is 19.0 Å². The van der Waals surface area contributed by atoms with Crippen molar-refractivity contribution < 1.29 is 24.2 Å². The molecule has 7 nitrogen and oxygen atoms in total. The molecule has 1 aromatic carbocycles. The first kappa shape index (κ1) is 15.0. The highest BCUT2D eigenvalue weighted by Gasteiger charge is 2.13. The van der Waals surface area contributed by atoms with E-state index < -0.39 is 5.97 Å². The van der Waals surface area contributed by atoms with Crippen LogP contribution in [0.2, 0.25) is 0 Å². The highest BCUT2D eigenvalue weighted by atomic mass is 16.6. The Morgan fingerprint density at radius 1 is 1.29 bits per heavy atom. The molecule has 0 aliphatic carbocycles. The van der Waals surface area contributed by atoms with Crippen molar-refractivity contribution >= 4 is 12.0 Å². The fourth-order valence-corrected chi connectivity index (χ4v) is 1.88. The molecule has 114 valence electrons. The number of hydrogen-bond acceptors (Lipinski definition) is 4. The molecule has 0 radical (unpaired) electrons. The standard InChI is InChI=1S/C14H18N2O5/c1-16(5-4-13(17)18)14(19)15-9-10-2-3-11-12(8-10)21-7-6-20-11/h2-3,8H,4-7,9H2,1H3,(H,15,19)(H,17,18). The summed E-state index contributed by atoms with van der Waals surface area (Å²) >= 11 is 0. The summed E-state index contributed by atoms with van der Waals surface area (Å²) in [5, 5.41) is 11.3. The first-order valence-corrected chi connectivity index (χ1v) is 6.65. The molecule has 2 N–H and O–H groups in total. The van der Waals surface area contributed by atoms with Crippen LogP contribution in [0.1, 0.15) is 12.0 Å². The Hall–Kier alpha value is -2.44. The Labute approximate surface area is 122 Å². The van der Waals surface area contributed by atoms with Crippen LogP contribution in [0.25, 0.3) is 0 Å². The molecule has 1 aromatic rings. The maximum Gasteiger partial charge on any atom is 0.317 e. The smallest absolute Gasteiger partial charge is 0.317 e. The van der Waals surface area contributed by atoms with Gasteiger partial charge in [0.05, 0.1) is 6.42 Å². The van der Waals surface area contributed by atoms with Gasteiger partial charge in [0, 0.05) is 20.1 Å². The number of urea groups is 1. The van der Waals surface area contributed by atoms with E-state index in [1.165, 1.54) is 4.90 Å². The van der Waals surface area contributed by atoms with Crippen molar-refractivity contribution in [3.63, 3.8) is 0 Å². The van der Waals surface area contributed by atoms with Crippen molar-refractivity contribution in [3.8, 4) is 11.5 Å². The van der Waals surface area contributed by atoms with E-state index in [9.17, 15) is 9.59 Å². The van der Waals surface area contributed by atoms with Crippen LogP contribution >= 0.6 is 0 Å². The number of hydrogen-bond donors (Lipinski definition) is 2. The molecule has 0 atom stereocenters. The molecular formula is C14H18N2O5. The normalized spacial score (nSPS) is 12.6. The molecular weight excluding hydrogens is 276 g/mol. The van der Waals surface area contributed by atoms with Crippen molar-refractivity contribution in [2.45, 2.75) is 13.0 Å². The molecule has 7 heteroatoms. The van der Waals surface area contributed by atoms with Gasteiger partial charge in [0.25, 0.3) is 0 Å². The minimum Gasteiger partial charge on any atom is -0.486 e. The fraction of sp³-hybridized carbons (Fsp3) is 0.429. The molecule has 0 saturated heterocycles. The van der Waals surface area contributed by atoms with Crippen LogP contribution in [0.4, 0.5) is 4.79 Å². The number of benzene rings is 1. The lowest BCUT2D eigenvalue weighted by atomic mass is 10.2. The number of nitrogens with zero attached hydrogens (tertiary/aromatic N) is 1. The Kier molecular flexibility index (Phi) is 4.86. The third kappa shape index (κ3) is 4.27. The van der Waals surface area contributed by atoms with Gasteiger partial charge in [-0.25, -0.2) is 4.79 Å². The number of amides is 2. The average Bonchev–Trinajstić information content (AvgIpc) is 2.49. The van der Waals surface area contributed by atoms with Crippen LogP contribution in [0, 0.1) is 0 Å². The average molecular weight is 294 g/mol. The lowest BCUT2D eigenvalue weighted by Gasteiger charge is -2.20. The Morgan fingerprint density at radius 2 is 2.00 bits per heavy atom. The number of carboxylic acid groups (broad SMARTS) is 1. The summed E-state index contributed by atoms with van der Waals surface area (Å²) < 4.78 is 10.9. The third-order valence-corrected chi connectivity index (χ3v) is 3.06. The van der Waals surface area contributed by atoms with Crippen LogP contribution in [-0.4, -0.2) is 48.8 Å². The monoisotopic (exact) mass is 294 g/mol. The minimum absolute atomic E-state index is 0.0755. The molecule has 0 spiro atoms. The fourth-order valence-electron chi connectivity index (χ4n) is 1.88. The first-order chi connectivity index (χ1) is 10.1. The van der Waals surface area contributed by atoms with E-state index in [4.69, 9.17) is 14.6 Å². The topological polar surface area (TPSA) is 88.1 Å². The van der Waals surface area contributed by atoms with Crippen molar-refractivity contribution in [2.75, 3.05) is 26.8 Å². The number of fused-ring (bicyclic) bond motifs is 1. The van der Waals surface area contributed by atoms with E-state index >= 15 is 0 Å². The maximum absolute atomic E-state index is 11.8. The van der Waals surface area contributed by atoms with Gasteiger partial charge in [0.15, 0.2) is 11.5 Å². The van der Waals surface area contributed by atoms with E-state index in [0.29, 0.717) is 31.3 Å². The van der Waals surface area contributed by atoms with Crippen molar-refractivity contribution in [1.29, 1.82) is 0 Å². The van der Waals surface area contributed by atoms with Crippen molar-refractivity contribution in [1.82, 2.24) is 10.2 Å². The molecule has 0 aromatic heterocycles. The number of carboxylic acids is 1. The second kappa shape index (κ2) is 6.83. The predicted octanol–water partition coefficient (Wildman–Crippen LogP) is 1.07. The highest BCUT2D eigenvalue weighted by molar-refractivity contribution is 5.75. The van der Waals surface area contributed by atoms with Gasteiger partial charge in [0.2, 0.25) is 0 Å². The van der Waals surface area contributed by atoms with Crippen LogP contribution in [-0.2, 0) is 11.3 Å². The zero-order valence-electron chi connectivity index (χ0n) is 11.8. The first-order valence-electron chi connectivity index (χ1n) is 6.65. The number of carbonyl (C=O) groups is 2. The SMILES string of the molecule is CN(CCC(=O)O)C(=O)NCc1ccc2c(c1)OCCO2. The molecule has 2 amide bonds. The molecule has 1 aliphatic rings. The zero-order valence-corrected chi connectivity index (χ0v) is 11.8. The van der Waals surface area contributed by atoms with Crippen molar-refractivity contribution in [2.24, 2.45) is 0 Å². The summed E-state index contributed by atoms with van der Waals surface area (Å²) in [6, 6.07) is 5.17. The Bertz CT molecular complexity index is 532. The quantitative estimate of drug-likeness (QED) is 0.848. The van der Waals surface area contributed by atoms with Crippen LogP contribution < -0.4 is 14.8 Å². The molecule has 0 bridgehead atoms. The third-order valence-electron chi connectivity index (χ3n) is 3.06. The van der Waals surface area contributed by atoms with Crippen molar-refractivity contribution in [3.05, 3.63) is 23.8 Å². The van der Waals surface area contributed by atoms with E-state index in [2.05, 4.69) is 5.32 Å². The van der Waals surface area contributed by atoms with E-state index in [1.54, 1.807) is 7.05 Å². The molecule has 21 heavy (non-hydrogen) atoms. The summed E-state index contributed by atoms with van der Waals surface area (Å²) in [7, 11) is 1.56. The van der Waals surface area contributed by atoms with Gasteiger partial charge in [-0.1, -0.05) is 6.07 Å². The lowest BCUT2D eigenvalue weighted by Crippen LogP contribution is -2.38. The second-order valence-electron chi connectivity index (χ2n) is 4.70. The number of nitrogens with one attached hydrogen (secondary N) is 1. The second-order valence-corrected chi connectivity index (χ2v) is 4.70. The van der Waals surface area contributed by atoms with E-state index in [0.717, 1.165) is 5.56 Å². The molecule has 0 unspecified atom stereocenters. The highest BCUT2D eigenvalue weighted by Crippen LogP contribution is 2.30. The molecule has 2 rings (SSSR count). The minimum atomic E-state index is -0.929. The number of aliphatic carboxylic acids is 1. The summed E-state index contributed by atoms with van der Waals surface area (Å²) in [6.45, 7) is 1.56. The van der Waals surface area contributed by atoms with Crippen LogP contribution in [0.5, 0.6) is 11.5 Å². The summed E-state index contributed by atoms with van der Waals surface area (Å²) in [5.74, 6) is 0.448. The van der Waals surface area contributed by atoms with E-state index in [1.807, 2.05) is 18.2 Å². The number of rotatable bonds is 5. The van der Waals surface area contributed by atoms with Gasteiger partial charge in [-0.05, 0) is 17.7 Å². The predicted molar refractivity (Wildman–Crippen MR) is 74.6 cm³/mol. The molecule has 1 aliphatic heterocycles. The van der Waals surface area contributed by atoms with Crippen LogP contribution in [0.3, 0.4) is 0 Å². The molecule has 0 fully saturated rings. The lowest BCUT2D eigenvalue weighted by molar-refractivity contribution is -0.137. The van der Waals surface area contributed by atoms with Gasteiger partial charge in [-0.2, -0.15) is 0 Å². The summed E-state index contributed by atoms with van der Waals surface area (Å²) in [4.78, 5) is 23.6. The summed E-state index contributed by atoms with van der Waals surface area (Å²) in [5.41, 5.74) is 0.888.